The van der Waals surface area contributed by atoms with Crippen molar-refractivity contribution < 1.29 is 9.63 Å². The minimum absolute atomic E-state index is 0.0782. The molecule has 2 unspecified atom stereocenters. The van der Waals surface area contributed by atoms with Crippen LogP contribution in [0.1, 0.15) is 27.2 Å². The minimum atomic E-state index is -0.833. The van der Waals surface area contributed by atoms with Gasteiger partial charge in [0, 0.05) is 6.42 Å². The van der Waals surface area contributed by atoms with Crippen LogP contribution in [0, 0.1) is 5.41 Å². The van der Waals surface area contributed by atoms with Crippen molar-refractivity contribution >= 4 is 11.5 Å². The van der Waals surface area contributed by atoms with Gasteiger partial charge in [-0.1, -0.05) is 38.1 Å². The Bertz CT molecular complexity index is 535. The summed E-state index contributed by atoms with van der Waals surface area (Å²) in [5.41, 5.74) is 0.0171. The molecule has 0 aromatic heterocycles. The topological polar surface area (TPSA) is 29.5 Å². The first-order valence-corrected chi connectivity index (χ1v) is 6.68. The van der Waals surface area contributed by atoms with Crippen LogP contribution in [0.3, 0.4) is 0 Å². The number of anilines is 1. The number of nitrogens with zero attached hydrogens (tertiary/aromatic N) is 1. The first kappa shape index (κ1) is 12.4. The van der Waals surface area contributed by atoms with Gasteiger partial charge in [-0.3, -0.25) is 9.63 Å². The quantitative estimate of drug-likeness (QED) is 0.724. The number of para-hydroxylation sites is 1. The molecule has 1 aromatic rings. The largest absolute Gasteiger partial charge is 0.296 e. The number of carbonyl (C=O) groups excluding carboxylic acids is 1. The van der Waals surface area contributed by atoms with E-state index in [4.69, 9.17) is 4.84 Å². The van der Waals surface area contributed by atoms with Crippen LogP contribution in [-0.2, 0) is 9.63 Å². The molecule has 0 saturated carbocycles. The first-order valence-electron chi connectivity index (χ1n) is 6.68. The maximum Gasteiger partial charge on any atom is 0.171 e. The Hall–Kier alpha value is -1.61. The fraction of sp³-hybridized carbons (Fsp3) is 0.438. The number of benzene rings is 1. The van der Waals surface area contributed by atoms with Crippen LogP contribution >= 0.6 is 0 Å². The van der Waals surface area contributed by atoms with Crippen molar-refractivity contribution in [3.8, 4) is 0 Å². The van der Waals surface area contributed by atoms with E-state index in [2.05, 4.69) is 19.9 Å². The summed E-state index contributed by atoms with van der Waals surface area (Å²) in [4.78, 5) is 18.4. The number of fused-ring (bicyclic) bond motifs is 3. The highest BCUT2D eigenvalue weighted by atomic mass is 16.7. The summed E-state index contributed by atoms with van der Waals surface area (Å²) in [6, 6.07) is 10.1. The molecule has 0 amide bonds. The molecule has 1 fully saturated rings. The summed E-state index contributed by atoms with van der Waals surface area (Å²) in [5, 5.41) is 1.89. The average Bonchev–Trinajstić information content (AvgIpc) is 2.51. The molecule has 0 N–H and O–H groups in total. The van der Waals surface area contributed by atoms with Crippen molar-refractivity contribution in [1.29, 1.82) is 0 Å². The number of hydrogen-bond donors (Lipinski definition) is 0. The second-order valence-electron chi connectivity index (χ2n) is 6.25. The van der Waals surface area contributed by atoms with Crippen molar-refractivity contribution in [1.82, 2.24) is 0 Å². The summed E-state index contributed by atoms with van der Waals surface area (Å²) in [5.74, 6) is 0.148. The Labute approximate surface area is 113 Å². The number of carbonyl (C=O) groups is 1. The van der Waals surface area contributed by atoms with Gasteiger partial charge in [0.1, 0.15) is 0 Å². The van der Waals surface area contributed by atoms with Crippen LogP contribution in [-0.4, -0.2) is 17.4 Å². The van der Waals surface area contributed by atoms with E-state index in [1.807, 2.05) is 48.4 Å². The molecular formula is C16H19NO2. The van der Waals surface area contributed by atoms with Gasteiger partial charge in [0.05, 0.1) is 11.7 Å². The summed E-state index contributed by atoms with van der Waals surface area (Å²) in [7, 11) is 0. The van der Waals surface area contributed by atoms with Crippen molar-refractivity contribution in [2.24, 2.45) is 5.41 Å². The van der Waals surface area contributed by atoms with Crippen LogP contribution in [0.5, 0.6) is 0 Å². The van der Waals surface area contributed by atoms with E-state index >= 15 is 0 Å². The fourth-order valence-electron chi connectivity index (χ4n) is 2.85. The molecular weight excluding hydrogens is 238 g/mol. The third kappa shape index (κ3) is 1.89. The zero-order chi connectivity index (χ0) is 13.7. The highest BCUT2D eigenvalue weighted by molar-refractivity contribution is 5.91. The standard InChI is InChI=1S/C16H19NO2/c1-15(2)11-14(18)16(3)10-9-13(15)17(19-16)12-7-5-4-6-8-12/h4-10,13H,11H2,1-3H3. The van der Waals surface area contributed by atoms with Gasteiger partial charge in [-0.25, -0.2) is 5.06 Å². The van der Waals surface area contributed by atoms with Crippen LogP contribution in [0.25, 0.3) is 0 Å². The lowest BCUT2D eigenvalue weighted by atomic mass is 9.80. The van der Waals surface area contributed by atoms with Gasteiger partial charge in [0.15, 0.2) is 11.4 Å². The molecule has 1 aliphatic carbocycles. The van der Waals surface area contributed by atoms with Gasteiger partial charge in [0.25, 0.3) is 0 Å². The summed E-state index contributed by atoms with van der Waals surface area (Å²) in [6.07, 6.45) is 4.56. The lowest BCUT2D eigenvalue weighted by Crippen LogP contribution is -2.49. The van der Waals surface area contributed by atoms with E-state index in [0.29, 0.717) is 6.42 Å². The number of hydroxylamine groups is 1. The molecule has 3 nitrogen and oxygen atoms in total. The predicted octanol–water partition coefficient (Wildman–Crippen LogP) is 3.12. The zero-order valence-corrected chi connectivity index (χ0v) is 11.6. The molecule has 1 saturated heterocycles. The van der Waals surface area contributed by atoms with Gasteiger partial charge >= 0.3 is 0 Å². The third-order valence-corrected chi connectivity index (χ3v) is 4.12. The molecule has 2 bridgehead atoms. The Morgan fingerprint density at radius 3 is 2.58 bits per heavy atom. The predicted molar refractivity (Wildman–Crippen MR) is 74.7 cm³/mol. The van der Waals surface area contributed by atoms with Crippen LogP contribution in [0.2, 0.25) is 0 Å². The van der Waals surface area contributed by atoms with Gasteiger partial charge in [0.2, 0.25) is 0 Å². The highest BCUT2D eigenvalue weighted by Crippen LogP contribution is 2.43. The summed E-state index contributed by atoms with van der Waals surface area (Å²) >= 11 is 0. The summed E-state index contributed by atoms with van der Waals surface area (Å²) < 4.78 is 0. The molecule has 3 aliphatic rings. The number of Topliss-reactive ketones (excluding diaryl/α,β-unsaturated/α-hetero) is 1. The third-order valence-electron chi connectivity index (χ3n) is 4.12. The molecule has 2 aliphatic heterocycles. The average molecular weight is 257 g/mol. The van der Waals surface area contributed by atoms with E-state index in [0.717, 1.165) is 5.69 Å². The van der Waals surface area contributed by atoms with E-state index < -0.39 is 5.60 Å². The van der Waals surface area contributed by atoms with Crippen molar-refractivity contribution in [3.63, 3.8) is 0 Å². The van der Waals surface area contributed by atoms with Crippen molar-refractivity contribution in [2.45, 2.75) is 38.8 Å². The summed E-state index contributed by atoms with van der Waals surface area (Å²) in [6.45, 7) is 6.09. The van der Waals surface area contributed by atoms with Crippen molar-refractivity contribution in [2.75, 3.05) is 5.06 Å². The minimum Gasteiger partial charge on any atom is -0.296 e. The molecule has 2 atom stereocenters. The fourth-order valence-corrected chi connectivity index (χ4v) is 2.85. The molecule has 19 heavy (non-hydrogen) atoms. The molecule has 3 heteroatoms. The number of ketones is 1. The molecule has 0 radical (unpaired) electrons. The molecule has 100 valence electrons. The van der Waals surface area contributed by atoms with E-state index in [9.17, 15) is 4.79 Å². The van der Waals surface area contributed by atoms with Crippen LogP contribution in [0.15, 0.2) is 42.5 Å². The van der Waals surface area contributed by atoms with E-state index in [1.165, 1.54) is 0 Å². The molecule has 4 rings (SSSR count). The van der Waals surface area contributed by atoms with Gasteiger partial charge in [-0.2, -0.15) is 0 Å². The maximum absolute atomic E-state index is 12.4. The zero-order valence-electron chi connectivity index (χ0n) is 11.6. The van der Waals surface area contributed by atoms with Crippen LogP contribution in [0.4, 0.5) is 5.69 Å². The van der Waals surface area contributed by atoms with Crippen LogP contribution < -0.4 is 5.06 Å². The Morgan fingerprint density at radius 2 is 1.89 bits per heavy atom. The Morgan fingerprint density at radius 1 is 1.21 bits per heavy atom. The van der Waals surface area contributed by atoms with Gasteiger partial charge in [-0.05, 0) is 30.5 Å². The number of hydrogen-bond acceptors (Lipinski definition) is 3. The SMILES string of the molecule is CC12C=CC(N(c3ccccc3)O1)C(C)(C)CC2=O. The molecule has 2 heterocycles. The first-order chi connectivity index (χ1) is 8.92. The Balaban J connectivity index is 2.09. The van der Waals surface area contributed by atoms with E-state index in [1.54, 1.807) is 0 Å². The Kier molecular flexibility index (Phi) is 2.58. The van der Waals surface area contributed by atoms with Gasteiger partial charge < -0.3 is 0 Å². The van der Waals surface area contributed by atoms with Gasteiger partial charge in [-0.15, -0.1) is 0 Å². The van der Waals surface area contributed by atoms with E-state index in [-0.39, 0.29) is 17.2 Å². The molecule has 1 aromatic carbocycles. The number of rotatable bonds is 1. The smallest absolute Gasteiger partial charge is 0.171 e. The lowest BCUT2D eigenvalue weighted by molar-refractivity contribution is -0.137. The highest BCUT2D eigenvalue weighted by Gasteiger charge is 2.50. The second kappa shape index (κ2) is 3.94. The normalized spacial score (nSPS) is 32.5. The second-order valence-corrected chi connectivity index (χ2v) is 6.25. The maximum atomic E-state index is 12.4. The lowest BCUT2D eigenvalue weighted by Gasteiger charge is -2.41. The van der Waals surface area contributed by atoms with Crippen molar-refractivity contribution in [3.05, 3.63) is 42.5 Å². The monoisotopic (exact) mass is 257 g/mol. The molecule has 0 spiro atoms.